The molecule has 3 unspecified atom stereocenters. The lowest BCUT2D eigenvalue weighted by atomic mass is 10.0. The van der Waals surface area contributed by atoms with E-state index >= 15 is 0 Å². The van der Waals surface area contributed by atoms with Gasteiger partial charge in [0.1, 0.15) is 0 Å². The second kappa shape index (κ2) is 7.65. The number of rotatable bonds is 4. The lowest BCUT2D eigenvalue weighted by Gasteiger charge is -2.28. The van der Waals surface area contributed by atoms with Crippen LogP contribution >= 0.6 is 11.8 Å². The van der Waals surface area contributed by atoms with Crippen molar-refractivity contribution in [3.05, 3.63) is 0 Å². The normalized spacial score (nSPS) is 33.0. The highest BCUT2D eigenvalue weighted by Crippen LogP contribution is 2.18. The van der Waals surface area contributed by atoms with Crippen molar-refractivity contribution in [2.24, 2.45) is 0 Å². The molecule has 2 saturated heterocycles. The minimum absolute atomic E-state index is 0.675. The summed E-state index contributed by atoms with van der Waals surface area (Å²) in [6, 6.07) is 2.21. The standard InChI is InChI=1S/C14H28N2S/c1-12(16-14-7-5-9-17-11-14)10-13-6-3-2-4-8-15-13/h12-16H,2-11H2,1H3. The maximum absolute atomic E-state index is 3.83. The molecule has 2 rings (SSSR count). The molecule has 2 N–H and O–H groups in total. The fourth-order valence-corrected chi connectivity index (χ4v) is 4.16. The third-order valence-corrected chi connectivity index (χ3v) is 5.20. The minimum atomic E-state index is 0.675. The van der Waals surface area contributed by atoms with Crippen LogP contribution in [-0.2, 0) is 0 Å². The molecule has 3 heteroatoms. The van der Waals surface area contributed by atoms with Crippen LogP contribution in [-0.4, -0.2) is 36.2 Å². The fraction of sp³-hybridized carbons (Fsp3) is 1.00. The summed E-state index contributed by atoms with van der Waals surface area (Å²) in [6.07, 6.45) is 9.69. The highest BCUT2D eigenvalue weighted by atomic mass is 32.2. The summed E-state index contributed by atoms with van der Waals surface area (Å²) in [4.78, 5) is 0. The van der Waals surface area contributed by atoms with E-state index in [0.717, 1.165) is 12.1 Å². The van der Waals surface area contributed by atoms with Gasteiger partial charge in [0.2, 0.25) is 0 Å². The second-order valence-corrected chi connectivity index (χ2v) is 6.87. The monoisotopic (exact) mass is 256 g/mol. The van der Waals surface area contributed by atoms with E-state index in [1.165, 1.54) is 63.0 Å². The highest BCUT2D eigenvalue weighted by molar-refractivity contribution is 7.99. The molecule has 0 aromatic rings. The highest BCUT2D eigenvalue weighted by Gasteiger charge is 2.19. The summed E-state index contributed by atoms with van der Waals surface area (Å²) in [7, 11) is 0. The van der Waals surface area contributed by atoms with Crippen LogP contribution in [0.25, 0.3) is 0 Å². The minimum Gasteiger partial charge on any atom is -0.314 e. The molecule has 0 aromatic carbocycles. The van der Waals surface area contributed by atoms with Gasteiger partial charge in [-0.2, -0.15) is 11.8 Å². The summed E-state index contributed by atoms with van der Waals surface area (Å²) >= 11 is 2.12. The van der Waals surface area contributed by atoms with Gasteiger partial charge in [-0.15, -0.1) is 0 Å². The Balaban J connectivity index is 1.66. The number of thioether (sulfide) groups is 1. The molecular formula is C14H28N2S. The largest absolute Gasteiger partial charge is 0.314 e. The van der Waals surface area contributed by atoms with Crippen LogP contribution in [0.5, 0.6) is 0 Å². The van der Waals surface area contributed by atoms with Gasteiger partial charge in [0.05, 0.1) is 0 Å². The Kier molecular flexibility index (Phi) is 6.16. The molecule has 100 valence electrons. The van der Waals surface area contributed by atoms with Gasteiger partial charge in [-0.05, 0) is 51.3 Å². The Hall–Kier alpha value is 0.270. The third-order valence-electron chi connectivity index (χ3n) is 3.98. The maximum atomic E-state index is 3.83. The quantitative estimate of drug-likeness (QED) is 0.809. The average molecular weight is 256 g/mol. The Morgan fingerprint density at radius 1 is 1.24 bits per heavy atom. The fourth-order valence-electron chi connectivity index (χ4n) is 3.07. The van der Waals surface area contributed by atoms with E-state index in [-0.39, 0.29) is 0 Å². The number of hydrogen-bond donors (Lipinski definition) is 2. The van der Waals surface area contributed by atoms with Crippen LogP contribution < -0.4 is 10.6 Å². The van der Waals surface area contributed by atoms with E-state index in [9.17, 15) is 0 Å². The molecule has 0 amide bonds. The molecule has 0 spiro atoms. The molecule has 3 atom stereocenters. The molecule has 2 aliphatic rings. The molecular weight excluding hydrogens is 228 g/mol. The number of hydrogen-bond acceptors (Lipinski definition) is 3. The van der Waals surface area contributed by atoms with Gasteiger partial charge < -0.3 is 10.6 Å². The van der Waals surface area contributed by atoms with Crippen molar-refractivity contribution in [1.82, 2.24) is 10.6 Å². The van der Waals surface area contributed by atoms with Crippen LogP contribution in [0.3, 0.4) is 0 Å². The number of nitrogens with one attached hydrogen (secondary N) is 2. The molecule has 2 nitrogen and oxygen atoms in total. The van der Waals surface area contributed by atoms with Crippen LogP contribution in [0.15, 0.2) is 0 Å². The predicted molar refractivity (Wildman–Crippen MR) is 77.8 cm³/mol. The van der Waals surface area contributed by atoms with Gasteiger partial charge in [-0.25, -0.2) is 0 Å². The van der Waals surface area contributed by atoms with E-state index < -0.39 is 0 Å². The average Bonchev–Trinajstić information content (AvgIpc) is 2.59. The summed E-state index contributed by atoms with van der Waals surface area (Å²) in [5.74, 6) is 2.69. The zero-order valence-electron chi connectivity index (χ0n) is 11.2. The molecule has 2 fully saturated rings. The Morgan fingerprint density at radius 2 is 2.18 bits per heavy atom. The van der Waals surface area contributed by atoms with Crippen molar-refractivity contribution in [1.29, 1.82) is 0 Å². The Bertz CT molecular complexity index is 196. The van der Waals surface area contributed by atoms with E-state index in [1.54, 1.807) is 0 Å². The second-order valence-electron chi connectivity index (χ2n) is 5.72. The third kappa shape index (κ3) is 5.19. The maximum Gasteiger partial charge on any atom is 0.0160 e. The summed E-state index contributed by atoms with van der Waals surface area (Å²) in [6.45, 7) is 3.60. The zero-order valence-corrected chi connectivity index (χ0v) is 12.0. The molecule has 0 aliphatic carbocycles. The van der Waals surface area contributed by atoms with Crippen molar-refractivity contribution in [3.8, 4) is 0 Å². The lowest BCUT2D eigenvalue weighted by Crippen LogP contribution is -2.43. The van der Waals surface area contributed by atoms with Crippen LogP contribution in [0.2, 0.25) is 0 Å². The summed E-state index contributed by atoms with van der Waals surface area (Å²) in [5.41, 5.74) is 0. The van der Waals surface area contributed by atoms with Crippen LogP contribution in [0.1, 0.15) is 51.9 Å². The topological polar surface area (TPSA) is 24.1 Å². The van der Waals surface area contributed by atoms with Crippen molar-refractivity contribution < 1.29 is 0 Å². The predicted octanol–water partition coefficient (Wildman–Crippen LogP) is 2.78. The van der Waals surface area contributed by atoms with Crippen molar-refractivity contribution in [2.45, 2.75) is 70.0 Å². The lowest BCUT2D eigenvalue weighted by molar-refractivity contribution is 0.369. The van der Waals surface area contributed by atoms with Gasteiger partial charge in [-0.1, -0.05) is 12.8 Å². The molecule has 0 saturated carbocycles. The molecule has 0 bridgehead atoms. The first-order valence-electron chi connectivity index (χ1n) is 7.42. The summed E-state index contributed by atoms with van der Waals surface area (Å²) < 4.78 is 0. The van der Waals surface area contributed by atoms with E-state index in [1.807, 2.05) is 0 Å². The van der Waals surface area contributed by atoms with Crippen molar-refractivity contribution >= 4 is 11.8 Å². The van der Waals surface area contributed by atoms with Gasteiger partial charge >= 0.3 is 0 Å². The molecule has 0 radical (unpaired) electrons. The zero-order chi connectivity index (χ0) is 11.9. The van der Waals surface area contributed by atoms with E-state index in [0.29, 0.717) is 6.04 Å². The Morgan fingerprint density at radius 3 is 3.00 bits per heavy atom. The van der Waals surface area contributed by atoms with Crippen LogP contribution in [0.4, 0.5) is 0 Å². The van der Waals surface area contributed by atoms with E-state index in [2.05, 4.69) is 29.3 Å². The van der Waals surface area contributed by atoms with Crippen molar-refractivity contribution in [3.63, 3.8) is 0 Å². The van der Waals surface area contributed by atoms with E-state index in [4.69, 9.17) is 0 Å². The van der Waals surface area contributed by atoms with Gasteiger partial charge in [0.15, 0.2) is 0 Å². The Labute approximate surface area is 111 Å². The first kappa shape index (κ1) is 13.7. The van der Waals surface area contributed by atoms with Gasteiger partial charge in [0.25, 0.3) is 0 Å². The first-order valence-corrected chi connectivity index (χ1v) is 8.57. The molecule has 0 aromatic heterocycles. The van der Waals surface area contributed by atoms with Crippen molar-refractivity contribution in [2.75, 3.05) is 18.1 Å². The van der Waals surface area contributed by atoms with Gasteiger partial charge in [-0.3, -0.25) is 0 Å². The molecule has 17 heavy (non-hydrogen) atoms. The van der Waals surface area contributed by atoms with Crippen LogP contribution in [0, 0.1) is 0 Å². The summed E-state index contributed by atoms with van der Waals surface area (Å²) in [5, 5.41) is 7.53. The molecule has 2 aliphatic heterocycles. The first-order chi connectivity index (χ1) is 8.34. The van der Waals surface area contributed by atoms with Gasteiger partial charge in [0, 0.05) is 23.9 Å². The SMILES string of the molecule is CC(CC1CCCCCN1)NC1CCCSC1. The molecule has 2 heterocycles. The smallest absolute Gasteiger partial charge is 0.0160 e.